The van der Waals surface area contributed by atoms with Gasteiger partial charge in [0.05, 0.1) is 5.02 Å². The summed E-state index contributed by atoms with van der Waals surface area (Å²) in [7, 11) is 0. The van der Waals surface area contributed by atoms with Crippen molar-refractivity contribution in [2.24, 2.45) is 0 Å². The summed E-state index contributed by atoms with van der Waals surface area (Å²) in [6, 6.07) is 16.4. The SMILES string of the molecule is Cc1ccc(C)c(NC(=O)c2ccc(COc3ccccc3Cl)o2)c1. The second-order valence-electron chi connectivity index (χ2n) is 5.76. The molecule has 5 heteroatoms. The van der Waals surface area contributed by atoms with Crippen LogP contribution in [0, 0.1) is 13.8 Å². The lowest BCUT2D eigenvalue weighted by Crippen LogP contribution is -2.12. The summed E-state index contributed by atoms with van der Waals surface area (Å²) in [4.78, 5) is 12.4. The quantitative estimate of drug-likeness (QED) is 0.668. The van der Waals surface area contributed by atoms with E-state index in [9.17, 15) is 4.79 Å². The molecule has 4 nitrogen and oxygen atoms in total. The molecule has 1 heterocycles. The van der Waals surface area contributed by atoms with Crippen molar-refractivity contribution in [2.75, 3.05) is 5.32 Å². The summed E-state index contributed by atoms with van der Waals surface area (Å²) in [6.45, 7) is 4.12. The molecule has 3 aromatic rings. The third-order valence-electron chi connectivity index (χ3n) is 3.73. The van der Waals surface area contributed by atoms with Gasteiger partial charge in [-0.25, -0.2) is 0 Å². The molecule has 1 N–H and O–H groups in total. The number of ether oxygens (including phenoxy) is 1. The fourth-order valence-electron chi connectivity index (χ4n) is 2.34. The number of nitrogens with one attached hydrogen (secondary N) is 1. The van der Waals surface area contributed by atoms with Crippen LogP contribution >= 0.6 is 11.6 Å². The summed E-state index contributed by atoms with van der Waals surface area (Å²) in [6.07, 6.45) is 0. The minimum atomic E-state index is -0.294. The summed E-state index contributed by atoms with van der Waals surface area (Å²) in [5.74, 6) is 1.06. The lowest BCUT2D eigenvalue weighted by atomic mass is 10.1. The number of anilines is 1. The Labute approximate surface area is 151 Å². The number of benzene rings is 2. The smallest absolute Gasteiger partial charge is 0.291 e. The molecule has 0 aliphatic carbocycles. The molecule has 0 fully saturated rings. The van der Waals surface area contributed by atoms with Crippen LogP contribution < -0.4 is 10.1 Å². The van der Waals surface area contributed by atoms with Crippen molar-refractivity contribution in [1.29, 1.82) is 0 Å². The Kier molecular flexibility index (Phi) is 5.10. The van der Waals surface area contributed by atoms with Gasteiger partial charge in [0.15, 0.2) is 5.76 Å². The van der Waals surface area contributed by atoms with Gasteiger partial charge in [-0.2, -0.15) is 0 Å². The topological polar surface area (TPSA) is 51.5 Å². The molecule has 0 saturated carbocycles. The fourth-order valence-corrected chi connectivity index (χ4v) is 2.53. The Morgan fingerprint density at radius 1 is 1.12 bits per heavy atom. The van der Waals surface area contributed by atoms with E-state index in [-0.39, 0.29) is 18.3 Å². The molecule has 0 saturated heterocycles. The van der Waals surface area contributed by atoms with Crippen molar-refractivity contribution in [2.45, 2.75) is 20.5 Å². The van der Waals surface area contributed by atoms with Gasteiger partial charge in [0, 0.05) is 5.69 Å². The zero-order valence-electron chi connectivity index (χ0n) is 14.0. The molecule has 0 aliphatic rings. The predicted octanol–water partition coefficient (Wildman–Crippen LogP) is 5.38. The number of rotatable bonds is 5. The molecule has 0 aliphatic heterocycles. The first-order valence-corrected chi connectivity index (χ1v) is 8.25. The molecule has 0 atom stereocenters. The Morgan fingerprint density at radius 2 is 1.92 bits per heavy atom. The van der Waals surface area contributed by atoms with E-state index in [1.54, 1.807) is 24.3 Å². The lowest BCUT2D eigenvalue weighted by molar-refractivity contribution is 0.0992. The van der Waals surface area contributed by atoms with E-state index in [2.05, 4.69) is 5.32 Å². The molecule has 0 unspecified atom stereocenters. The maximum absolute atomic E-state index is 12.4. The van der Waals surface area contributed by atoms with E-state index in [4.69, 9.17) is 20.8 Å². The van der Waals surface area contributed by atoms with Gasteiger partial charge in [-0.05, 0) is 55.3 Å². The number of hydrogen-bond donors (Lipinski definition) is 1. The molecule has 0 spiro atoms. The van der Waals surface area contributed by atoms with Crippen LogP contribution in [0.5, 0.6) is 5.75 Å². The highest BCUT2D eigenvalue weighted by Crippen LogP contribution is 2.24. The van der Waals surface area contributed by atoms with Gasteiger partial charge in [0.1, 0.15) is 18.1 Å². The van der Waals surface area contributed by atoms with E-state index in [1.807, 2.05) is 44.2 Å². The number of halogens is 1. The van der Waals surface area contributed by atoms with Crippen LogP contribution in [0.2, 0.25) is 5.02 Å². The number of hydrogen-bond acceptors (Lipinski definition) is 3. The monoisotopic (exact) mass is 355 g/mol. The molecule has 0 radical (unpaired) electrons. The number of aryl methyl sites for hydroxylation is 2. The van der Waals surface area contributed by atoms with Gasteiger partial charge in [-0.1, -0.05) is 35.9 Å². The number of amides is 1. The van der Waals surface area contributed by atoms with Crippen molar-refractivity contribution in [3.8, 4) is 5.75 Å². The summed E-state index contributed by atoms with van der Waals surface area (Å²) in [5.41, 5.74) is 2.84. The molecule has 1 aromatic heterocycles. The predicted molar refractivity (Wildman–Crippen MR) is 98.4 cm³/mol. The molecule has 0 bridgehead atoms. The molecule has 3 rings (SSSR count). The number of furan rings is 1. The first-order chi connectivity index (χ1) is 12.0. The zero-order valence-corrected chi connectivity index (χ0v) is 14.8. The molecular formula is C20H18ClNO3. The van der Waals surface area contributed by atoms with Gasteiger partial charge in [0.2, 0.25) is 0 Å². The summed E-state index contributed by atoms with van der Waals surface area (Å²) >= 11 is 6.04. The standard InChI is InChI=1S/C20H18ClNO3/c1-13-7-8-14(2)17(11-13)22-20(23)19-10-9-15(25-19)12-24-18-6-4-3-5-16(18)21/h3-11H,12H2,1-2H3,(H,22,23). The van der Waals surface area contributed by atoms with Gasteiger partial charge in [0.25, 0.3) is 5.91 Å². The minimum Gasteiger partial charge on any atom is -0.484 e. The number of carbonyl (C=O) groups is 1. The van der Waals surface area contributed by atoms with Crippen LogP contribution in [0.15, 0.2) is 59.0 Å². The number of carbonyl (C=O) groups excluding carboxylic acids is 1. The first kappa shape index (κ1) is 17.1. The van der Waals surface area contributed by atoms with Crippen LogP contribution in [0.3, 0.4) is 0 Å². The van der Waals surface area contributed by atoms with E-state index in [1.165, 1.54) is 0 Å². The maximum atomic E-state index is 12.4. The molecule has 128 valence electrons. The third-order valence-corrected chi connectivity index (χ3v) is 4.05. The summed E-state index contributed by atoms with van der Waals surface area (Å²) in [5, 5.41) is 3.40. The van der Waals surface area contributed by atoms with Crippen molar-refractivity contribution >= 4 is 23.2 Å². The highest BCUT2D eigenvalue weighted by molar-refractivity contribution is 6.32. The normalized spacial score (nSPS) is 10.5. The van der Waals surface area contributed by atoms with Crippen molar-refractivity contribution in [3.05, 3.63) is 82.3 Å². The van der Waals surface area contributed by atoms with Crippen LogP contribution in [-0.4, -0.2) is 5.91 Å². The van der Waals surface area contributed by atoms with E-state index in [0.717, 1.165) is 16.8 Å². The lowest BCUT2D eigenvalue weighted by Gasteiger charge is -2.08. The first-order valence-electron chi connectivity index (χ1n) is 7.87. The van der Waals surface area contributed by atoms with Crippen LogP contribution in [0.1, 0.15) is 27.4 Å². The van der Waals surface area contributed by atoms with Crippen molar-refractivity contribution in [3.63, 3.8) is 0 Å². The van der Waals surface area contributed by atoms with E-state index in [0.29, 0.717) is 16.5 Å². The second-order valence-corrected chi connectivity index (χ2v) is 6.16. The van der Waals surface area contributed by atoms with Gasteiger partial charge < -0.3 is 14.5 Å². The number of para-hydroxylation sites is 1. The minimum absolute atomic E-state index is 0.195. The van der Waals surface area contributed by atoms with Crippen LogP contribution in [0.4, 0.5) is 5.69 Å². The molecule has 25 heavy (non-hydrogen) atoms. The van der Waals surface area contributed by atoms with Gasteiger partial charge in [-0.15, -0.1) is 0 Å². The van der Waals surface area contributed by atoms with E-state index < -0.39 is 0 Å². The largest absolute Gasteiger partial charge is 0.484 e. The molecule has 1 amide bonds. The van der Waals surface area contributed by atoms with Crippen LogP contribution in [-0.2, 0) is 6.61 Å². The summed E-state index contributed by atoms with van der Waals surface area (Å²) < 4.78 is 11.2. The van der Waals surface area contributed by atoms with Crippen molar-refractivity contribution in [1.82, 2.24) is 0 Å². The Bertz CT molecular complexity index is 901. The van der Waals surface area contributed by atoms with Gasteiger partial charge >= 0.3 is 0 Å². The second kappa shape index (κ2) is 7.45. The van der Waals surface area contributed by atoms with Crippen LogP contribution in [0.25, 0.3) is 0 Å². The Hall–Kier alpha value is -2.72. The Morgan fingerprint density at radius 3 is 2.72 bits per heavy atom. The average molecular weight is 356 g/mol. The van der Waals surface area contributed by atoms with Gasteiger partial charge in [-0.3, -0.25) is 4.79 Å². The maximum Gasteiger partial charge on any atom is 0.291 e. The Balaban J connectivity index is 1.65. The fraction of sp³-hybridized carbons (Fsp3) is 0.150. The highest BCUT2D eigenvalue weighted by Gasteiger charge is 2.13. The zero-order chi connectivity index (χ0) is 17.8. The molecular weight excluding hydrogens is 338 g/mol. The van der Waals surface area contributed by atoms with Crippen molar-refractivity contribution < 1.29 is 13.9 Å². The highest BCUT2D eigenvalue weighted by atomic mass is 35.5. The molecule has 2 aromatic carbocycles. The van der Waals surface area contributed by atoms with E-state index >= 15 is 0 Å². The average Bonchev–Trinajstić information content (AvgIpc) is 3.06. The third kappa shape index (κ3) is 4.22.